The summed E-state index contributed by atoms with van der Waals surface area (Å²) in [6, 6.07) is 1.71. The topological polar surface area (TPSA) is 91.4 Å². The largest absolute Gasteiger partial charge is 0.396 e. The lowest BCUT2D eigenvalue weighted by Crippen LogP contribution is -2.23. The van der Waals surface area contributed by atoms with Gasteiger partial charge in [0.25, 0.3) is 0 Å². The van der Waals surface area contributed by atoms with Gasteiger partial charge in [-0.3, -0.25) is 4.98 Å². The van der Waals surface area contributed by atoms with Crippen LogP contribution < -0.4 is 11.1 Å². The van der Waals surface area contributed by atoms with Crippen molar-refractivity contribution in [3.05, 3.63) is 18.5 Å². The van der Waals surface area contributed by atoms with Gasteiger partial charge in [-0.1, -0.05) is 0 Å². The number of nitrogens with two attached hydrogens (primary N) is 1. The third-order valence-electron chi connectivity index (χ3n) is 1.59. The van der Waals surface area contributed by atoms with E-state index in [4.69, 9.17) is 15.9 Å². The molecule has 5 nitrogen and oxygen atoms in total. The molecule has 0 aliphatic heterocycles. The van der Waals surface area contributed by atoms with Crippen molar-refractivity contribution in [3.63, 3.8) is 0 Å². The summed E-state index contributed by atoms with van der Waals surface area (Å²) in [4.78, 5) is 3.82. The molecule has 0 bridgehead atoms. The molecule has 1 unspecified atom stereocenters. The summed E-state index contributed by atoms with van der Waals surface area (Å²) < 4.78 is 0. The summed E-state index contributed by atoms with van der Waals surface area (Å²) in [6.07, 6.45) is 2.35. The molecule has 5 heteroatoms. The maximum atomic E-state index is 9.04. The molecule has 1 aromatic rings. The predicted octanol–water partition coefficient (Wildman–Crippen LogP) is -0.571. The average Bonchev–Trinajstić information content (AvgIpc) is 2.16. The van der Waals surface area contributed by atoms with Gasteiger partial charge in [0.05, 0.1) is 30.3 Å². The van der Waals surface area contributed by atoms with E-state index in [0.29, 0.717) is 11.4 Å². The Morgan fingerprint density at radius 3 is 3.00 bits per heavy atom. The number of aliphatic hydroxyl groups excluding tert-OH is 2. The van der Waals surface area contributed by atoms with Gasteiger partial charge in [-0.15, -0.1) is 0 Å². The van der Waals surface area contributed by atoms with Crippen molar-refractivity contribution >= 4 is 11.4 Å². The second-order valence-corrected chi connectivity index (χ2v) is 2.68. The third kappa shape index (κ3) is 2.89. The highest BCUT2D eigenvalue weighted by molar-refractivity contribution is 5.64. The first kappa shape index (κ1) is 9.76. The van der Waals surface area contributed by atoms with E-state index >= 15 is 0 Å². The van der Waals surface area contributed by atoms with Crippen LogP contribution in [-0.2, 0) is 0 Å². The molecular weight excluding hydrogens is 170 g/mol. The Morgan fingerprint density at radius 2 is 2.38 bits per heavy atom. The van der Waals surface area contributed by atoms with Crippen LogP contribution in [0.4, 0.5) is 11.4 Å². The number of aromatic nitrogens is 1. The lowest BCUT2D eigenvalue weighted by Gasteiger charge is -2.11. The Labute approximate surface area is 76.2 Å². The van der Waals surface area contributed by atoms with Gasteiger partial charge in [0, 0.05) is 12.7 Å². The molecule has 0 radical (unpaired) electrons. The zero-order valence-electron chi connectivity index (χ0n) is 7.14. The van der Waals surface area contributed by atoms with Crippen LogP contribution in [-0.4, -0.2) is 34.5 Å². The standard InChI is InChI=1S/C8H13N3O2/c9-7-4-10-2-1-8(7)11-3-6(13)5-12/h1-2,4,6,12-13H,3,5,9H2,(H,10,11). The van der Waals surface area contributed by atoms with Gasteiger partial charge in [0.1, 0.15) is 0 Å². The minimum absolute atomic E-state index is 0.266. The molecule has 0 saturated carbocycles. The van der Waals surface area contributed by atoms with Gasteiger partial charge in [0.15, 0.2) is 0 Å². The van der Waals surface area contributed by atoms with Crippen molar-refractivity contribution in [1.29, 1.82) is 0 Å². The molecule has 1 atom stereocenters. The summed E-state index contributed by atoms with van der Waals surface area (Å²) in [5.41, 5.74) is 6.81. The lowest BCUT2D eigenvalue weighted by molar-refractivity contribution is 0.105. The van der Waals surface area contributed by atoms with Gasteiger partial charge in [-0.05, 0) is 6.07 Å². The monoisotopic (exact) mass is 183 g/mol. The second-order valence-electron chi connectivity index (χ2n) is 2.68. The highest BCUT2D eigenvalue weighted by atomic mass is 16.3. The van der Waals surface area contributed by atoms with Crippen molar-refractivity contribution in [3.8, 4) is 0 Å². The molecule has 1 heterocycles. The van der Waals surface area contributed by atoms with Crippen molar-refractivity contribution in [2.24, 2.45) is 0 Å². The number of hydrogen-bond donors (Lipinski definition) is 4. The van der Waals surface area contributed by atoms with E-state index in [1.54, 1.807) is 12.3 Å². The normalized spacial score (nSPS) is 12.5. The molecule has 72 valence electrons. The van der Waals surface area contributed by atoms with Crippen LogP contribution in [0.2, 0.25) is 0 Å². The van der Waals surface area contributed by atoms with E-state index in [0.717, 1.165) is 0 Å². The summed E-state index contributed by atoms with van der Waals surface area (Å²) in [5.74, 6) is 0. The van der Waals surface area contributed by atoms with E-state index in [1.807, 2.05) is 0 Å². The van der Waals surface area contributed by atoms with Gasteiger partial charge in [-0.25, -0.2) is 0 Å². The smallest absolute Gasteiger partial charge is 0.0942 e. The highest BCUT2D eigenvalue weighted by Crippen LogP contribution is 2.14. The average molecular weight is 183 g/mol. The first-order valence-corrected chi connectivity index (χ1v) is 3.96. The fourth-order valence-corrected chi connectivity index (χ4v) is 0.860. The first-order valence-electron chi connectivity index (χ1n) is 3.96. The Morgan fingerprint density at radius 1 is 1.62 bits per heavy atom. The number of pyridine rings is 1. The molecule has 0 fully saturated rings. The van der Waals surface area contributed by atoms with Crippen molar-refractivity contribution < 1.29 is 10.2 Å². The summed E-state index contributed by atoms with van der Waals surface area (Å²) in [6.45, 7) is 0.00268. The summed E-state index contributed by atoms with van der Waals surface area (Å²) in [5, 5.41) is 20.5. The van der Waals surface area contributed by atoms with Crippen molar-refractivity contribution in [1.82, 2.24) is 4.98 Å². The van der Waals surface area contributed by atoms with Crippen LogP contribution in [0.1, 0.15) is 0 Å². The SMILES string of the molecule is Nc1cnccc1NCC(O)CO. The van der Waals surface area contributed by atoms with Gasteiger partial charge in [-0.2, -0.15) is 0 Å². The van der Waals surface area contributed by atoms with Crippen LogP contribution in [0.25, 0.3) is 0 Å². The van der Waals surface area contributed by atoms with Crippen LogP contribution in [0.5, 0.6) is 0 Å². The number of aliphatic hydroxyl groups is 2. The first-order chi connectivity index (χ1) is 6.24. The third-order valence-corrected chi connectivity index (χ3v) is 1.59. The fourth-order valence-electron chi connectivity index (χ4n) is 0.860. The number of nitrogens with one attached hydrogen (secondary N) is 1. The quantitative estimate of drug-likeness (QED) is 0.501. The molecule has 0 aliphatic carbocycles. The van der Waals surface area contributed by atoms with E-state index in [9.17, 15) is 0 Å². The maximum Gasteiger partial charge on any atom is 0.0942 e. The Bertz CT molecular complexity index is 267. The number of hydrogen-bond acceptors (Lipinski definition) is 5. The number of anilines is 2. The second kappa shape index (κ2) is 4.64. The number of nitrogen functional groups attached to an aromatic ring is 1. The predicted molar refractivity (Wildman–Crippen MR) is 50.2 cm³/mol. The summed E-state index contributed by atoms with van der Waals surface area (Å²) in [7, 11) is 0. The molecule has 0 aromatic carbocycles. The minimum atomic E-state index is -0.771. The van der Waals surface area contributed by atoms with Crippen LogP contribution in [0.3, 0.4) is 0 Å². The number of nitrogens with zero attached hydrogens (tertiary/aromatic N) is 1. The maximum absolute atomic E-state index is 9.04. The lowest BCUT2D eigenvalue weighted by atomic mass is 10.3. The molecule has 0 spiro atoms. The van der Waals surface area contributed by atoms with E-state index in [1.165, 1.54) is 6.20 Å². The van der Waals surface area contributed by atoms with Crippen LogP contribution >= 0.6 is 0 Å². The van der Waals surface area contributed by atoms with E-state index < -0.39 is 6.10 Å². The Hall–Kier alpha value is -1.33. The Kier molecular flexibility index (Phi) is 3.48. The van der Waals surface area contributed by atoms with Gasteiger partial charge >= 0.3 is 0 Å². The van der Waals surface area contributed by atoms with Gasteiger partial charge in [0.2, 0.25) is 0 Å². The van der Waals surface area contributed by atoms with Crippen LogP contribution in [0, 0.1) is 0 Å². The van der Waals surface area contributed by atoms with Crippen LogP contribution in [0.15, 0.2) is 18.5 Å². The molecule has 1 rings (SSSR count). The van der Waals surface area contributed by atoms with E-state index in [-0.39, 0.29) is 13.2 Å². The molecule has 0 amide bonds. The molecule has 13 heavy (non-hydrogen) atoms. The minimum Gasteiger partial charge on any atom is -0.396 e. The molecule has 1 aromatic heterocycles. The highest BCUT2D eigenvalue weighted by Gasteiger charge is 2.02. The van der Waals surface area contributed by atoms with E-state index in [2.05, 4.69) is 10.3 Å². The van der Waals surface area contributed by atoms with Gasteiger partial charge < -0.3 is 21.3 Å². The van der Waals surface area contributed by atoms with Crippen molar-refractivity contribution in [2.75, 3.05) is 24.2 Å². The van der Waals surface area contributed by atoms with Crippen molar-refractivity contribution in [2.45, 2.75) is 6.10 Å². The summed E-state index contributed by atoms with van der Waals surface area (Å²) >= 11 is 0. The fraction of sp³-hybridized carbons (Fsp3) is 0.375. The molecule has 5 N–H and O–H groups in total. The zero-order chi connectivity index (χ0) is 9.68. The Balaban J connectivity index is 2.50. The zero-order valence-corrected chi connectivity index (χ0v) is 7.14. The molecular formula is C8H13N3O2. The molecule has 0 saturated heterocycles. The number of rotatable bonds is 4. The molecule has 0 aliphatic rings.